The predicted octanol–water partition coefficient (Wildman–Crippen LogP) is -0.639. The molecule has 0 aromatic carbocycles. The Morgan fingerprint density at radius 3 is 2.95 bits per heavy atom. The number of anilines is 1. The monoisotopic (exact) mass is 297 g/mol. The summed E-state index contributed by atoms with van der Waals surface area (Å²) in [5.41, 5.74) is 5.39. The Morgan fingerprint density at radius 2 is 2.40 bits per heavy atom. The number of aryl methyl sites for hydroxylation is 1. The molecule has 0 saturated carbocycles. The molecule has 8 heteroatoms. The fraction of sp³-hybridized carbons (Fsp3) is 0.500. The summed E-state index contributed by atoms with van der Waals surface area (Å²) in [6.07, 6.45) is 3.81. The summed E-state index contributed by atoms with van der Waals surface area (Å²) in [6.45, 7) is 1.26. The molecule has 3 rings (SSSR count). The number of fused-ring (bicyclic) bond motifs is 1. The molecule has 1 aromatic rings. The van der Waals surface area contributed by atoms with Crippen LogP contribution in [0.3, 0.4) is 0 Å². The average Bonchev–Trinajstić information content (AvgIpc) is 3.06. The van der Waals surface area contributed by atoms with E-state index in [0.717, 1.165) is 0 Å². The highest BCUT2D eigenvalue weighted by atomic mass is 35.5. The van der Waals surface area contributed by atoms with Crippen LogP contribution >= 0.6 is 11.6 Å². The zero-order valence-electron chi connectivity index (χ0n) is 10.5. The van der Waals surface area contributed by atoms with Crippen molar-refractivity contribution in [2.45, 2.75) is 29.9 Å². The number of ether oxygens (including phenoxy) is 2. The number of hydrogen-bond donors (Lipinski definition) is 2. The standard InChI is InChI=1S/C12H12ClN3O4/c1-3-11(13)8-12(5-17,19-8)20-9(11)16-6(2)4-7(14)15-10(16)18/h1,4,8-9,17H,5H2,2H3,(H2,14,15,18)/t8-,9-,11?,12?/m1/s1. The maximum Gasteiger partial charge on any atom is 0.351 e. The number of nitrogens with two attached hydrogens (primary N) is 1. The van der Waals surface area contributed by atoms with Crippen LogP contribution in [-0.4, -0.2) is 38.0 Å². The Bertz CT molecular complexity index is 684. The number of nitrogen functional groups attached to an aromatic ring is 1. The van der Waals surface area contributed by atoms with E-state index in [2.05, 4.69) is 10.9 Å². The Balaban J connectivity index is 2.12. The molecule has 2 fully saturated rings. The van der Waals surface area contributed by atoms with Crippen molar-refractivity contribution >= 4 is 17.4 Å². The van der Waals surface area contributed by atoms with Crippen molar-refractivity contribution in [2.75, 3.05) is 12.3 Å². The lowest BCUT2D eigenvalue weighted by atomic mass is 10.0. The lowest BCUT2D eigenvalue weighted by molar-refractivity contribution is -0.140. The van der Waals surface area contributed by atoms with Gasteiger partial charge in [-0.2, -0.15) is 4.98 Å². The first-order valence-electron chi connectivity index (χ1n) is 5.87. The molecule has 3 heterocycles. The third-order valence-electron chi connectivity index (χ3n) is 3.56. The largest absolute Gasteiger partial charge is 0.391 e. The molecule has 2 aliphatic rings. The number of aromatic nitrogens is 2. The second-order valence-corrected chi connectivity index (χ2v) is 5.45. The van der Waals surface area contributed by atoms with E-state index in [4.69, 9.17) is 33.2 Å². The number of rotatable bonds is 2. The molecule has 0 aliphatic carbocycles. The van der Waals surface area contributed by atoms with Crippen LogP contribution in [0.15, 0.2) is 10.9 Å². The number of aliphatic hydroxyl groups excluding tert-OH is 1. The number of epoxide rings is 1. The molecular formula is C12H12ClN3O4. The summed E-state index contributed by atoms with van der Waals surface area (Å²) in [6, 6.07) is 1.51. The molecule has 7 nitrogen and oxygen atoms in total. The topological polar surface area (TPSA) is 103 Å². The lowest BCUT2D eigenvalue weighted by Crippen LogP contribution is -2.41. The van der Waals surface area contributed by atoms with E-state index in [0.29, 0.717) is 5.69 Å². The number of aliphatic hydroxyl groups is 1. The van der Waals surface area contributed by atoms with Crippen LogP contribution in [0.5, 0.6) is 0 Å². The van der Waals surface area contributed by atoms with E-state index in [1.807, 2.05) is 0 Å². The number of nitrogens with zero attached hydrogens (tertiary/aromatic N) is 2. The van der Waals surface area contributed by atoms with Crippen molar-refractivity contribution in [3.8, 4) is 12.3 Å². The van der Waals surface area contributed by atoms with Crippen molar-refractivity contribution in [1.29, 1.82) is 0 Å². The molecule has 0 bridgehead atoms. The van der Waals surface area contributed by atoms with Crippen molar-refractivity contribution in [3.05, 3.63) is 22.2 Å². The van der Waals surface area contributed by atoms with Gasteiger partial charge in [0.2, 0.25) is 5.79 Å². The first-order valence-corrected chi connectivity index (χ1v) is 6.24. The summed E-state index contributed by atoms with van der Waals surface area (Å²) >= 11 is 6.38. The van der Waals surface area contributed by atoms with Crippen molar-refractivity contribution < 1.29 is 14.6 Å². The summed E-state index contributed by atoms with van der Waals surface area (Å²) < 4.78 is 12.1. The van der Waals surface area contributed by atoms with Gasteiger partial charge in [-0.1, -0.05) is 17.5 Å². The van der Waals surface area contributed by atoms with E-state index in [9.17, 15) is 9.90 Å². The quantitative estimate of drug-likeness (QED) is 0.428. The fourth-order valence-electron chi connectivity index (χ4n) is 2.53. The maximum absolute atomic E-state index is 12.0. The summed E-state index contributed by atoms with van der Waals surface area (Å²) in [7, 11) is 0. The van der Waals surface area contributed by atoms with Crippen LogP contribution < -0.4 is 11.4 Å². The fourth-order valence-corrected chi connectivity index (χ4v) is 2.88. The van der Waals surface area contributed by atoms with Crippen LogP contribution in [0.1, 0.15) is 11.9 Å². The normalized spacial score (nSPS) is 38.3. The number of alkyl halides is 1. The van der Waals surface area contributed by atoms with Gasteiger partial charge in [-0.25, -0.2) is 4.79 Å². The molecular weight excluding hydrogens is 286 g/mol. The van der Waals surface area contributed by atoms with Crippen molar-refractivity contribution in [2.24, 2.45) is 0 Å². The van der Waals surface area contributed by atoms with Crippen molar-refractivity contribution in [1.82, 2.24) is 9.55 Å². The molecule has 20 heavy (non-hydrogen) atoms. The smallest absolute Gasteiger partial charge is 0.351 e. The van der Waals surface area contributed by atoms with Gasteiger partial charge in [0.15, 0.2) is 17.2 Å². The molecule has 2 unspecified atom stereocenters. The van der Waals surface area contributed by atoms with Gasteiger partial charge < -0.3 is 20.3 Å². The third-order valence-corrected chi connectivity index (χ3v) is 4.05. The van der Waals surface area contributed by atoms with Gasteiger partial charge in [0.1, 0.15) is 12.4 Å². The maximum atomic E-state index is 12.0. The Labute approximate surface area is 119 Å². The van der Waals surface area contributed by atoms with Gasteiger partial charge in [0.25, 0.3) is 0 Å². The van der Waals surface area contributed by atoms with Crippen LogP contribution in [-0.2, 0) is 9.47 Å². The highest BCUT2D eigenvalue weighted by molar-refractivity contribution is 6.27. The average molecular weight is 298 g/mol. The molecule has 2 aliphatic heterocycles. The minimum Gasteiger partial charge on any atom is -0.391 e. The first kappa shape index (κ1) is 13.4. The highest BCUT2D eigenvalue weighted by Crippen LogP contribution is 2.59. The first-order chi connectivity index (χ1) is 9.38. The Morgan fingerprint density at radius 1 is 1.70 bits per heavy atom. The van der Waals surface area contributed by atoms with Crippen LogP contribution in [0.2, 0.25) is 0 Å². The molecule has 3 N–H and O–H groups in total. The molecule has 4 atom stereocenters. The second kappa shape index (κ2) is 3.96. The van der Waals surface area contributed by atoms with Gasteiger partial charge in [-0.05, 0) is 13.0 Å². The number of halogens is 1. The molecule has 0 spiro atoms. The second-order valence-electron chi connectivity index (χ2n) is 4.83. The van der Waals surface area contributed by atoms with Gasteiger partial charge in [-0.15, -0.1) is 6.42 Å². The van der Waals surface area contributed by atoms with E-state index in [1.54, 1.807) is 6.92 Å². The third kappa shape index (κ3) is 1.53. The van der Waals surface area contributed by atoms with Gasteiger partial charge in [0, 0.05) is 5.69 Å². The molecule has 0 amide bonds. The van der Waals surface area contributed by atoms with Crippen LogP contribution in [0, 0.1) is 19.3 Å². The minimum atomic E-state index is -1.39. The van der Waals surface area contributed by atoms with Gasteiger partial charge in [-0.3, -0.25) is 4.57 Å². The Kier molecular flexibility index (Phi) is 2.65. The zero-order valence-corrected chi connectivity index (χ0v) is 11.3. The van der Waals surface area contributed by atoms with E-state index in [-0.39, 0.29) is 5.82 Å². The minimum absolute atomic E-state index is 0.0981. The SMILES string of the molecule is C#CC1(Cl)[C@H](n2c(C)cc(N)nc2=O)OC2(CO)O[C@@H]21. The zero-order chi connectivity index (χ0) is 14.7. The van der Waals surface area contributed by atoms with Gasteiger partial charge in [0.05, 0.1) is 0 Å². The summed E-state index contributed by atoms with van der Waals surface area (Å²) in [5.74, 6) is 1.25. The highest BCUT2D eigenvalue weighted by Gasteiger charge is 2.77. The van der Waals surface area contributed by atoms with Crippen molar-refractivity contribution in [3.63, 3.8) is 0 Å². The summed E-state index contributed by atoms with van der Waals surface area (Å²) in [5, 5.41) is 9.34. The predicted molar refractivity (Wildman–Crippen MR) is 69.9 cm³/mol. The number of hydrogen-bond acceptors (Lipinski definition) is 6. The van der Waals surface area contributed by atoms with E-state index < -0.39 is 35.3 Å². The van der Waals surface area contributed by atoms with E-state index >= 15 is 0 Å². The molecule has 1 aromatic heterocycles. The summed E-state index contributed by atoms with van der Waals surface area (Å²) in [4.78, 5) is 14.3. The van der Waals surface area contributed by atoms with Crippen LogP contribution in [0.25, 0.3) is 0 Å². The lowest BCUT2D eigenvalue weighted by Gasteiger charge is -2.27. The van der Waals surface area contributed by atoms with Crippen LogP contribution in [0.4, 0.5) is 5.82 Å². The van der Waals surface area contributed by atoms with Gasteiger partial charge >= 0.3 is 5.69 Å². The molecule has 0 radical (unpaired) electrons. The number of terminal acetylenes is 1. The van der Waals surface area contributed by atoms with E-state index in [1.165, 1.54) is 10.6 Å². The molecule has 106 valence electrons. The Hall–Kier alpha value is -1.59. The molecule has 2 saturated heterocycles.